The minimum absolute atomic E-state index is 0. The van der Waals surface area contributed by atoms with E-state index in [2.05, 4.69) is 4.90 Å². The van der Waals surface area contributed by atoms with Crippen LogP contribution in [0.1, 0.15) is 49.3 Å². The van der Waals surface area contributed by atoms with Crippen LogP contribution in [0.4, 0.5) is 5.69 Å². The van der Waals surface area contributed by atoms with Gasteiger partial charge in [-0.25, -0.2) is 0 Å². The van der Waals surface area contributed by atoms with E-state index < -0.39 is 0 Å². The fraction of sp³-hybridized carbons (Fsp3) is 0.480. The number of halogens is 2. The molecule has 0 spiro atoms. The molecule has 0 saturated carbocycles. The summed E-state index contributed by atoms with van der Waals surface area (Å²) >= 11 is 6.42. The molecule has 1 aliphatic rings. The molecule has 0 bridgehead atoms. The number of anilines is 1. The average Bonchev–Trinajstić information content (AvgIpc) is 2.83. The molecule has 1 aliphatic heterocycles. The number of nitrogens with two attached hydrogens (primary N) is 1. The van der Waals surface area contributed by atoms with Gasteiger partial charge in [-0.3, -0.25) is 4.90 Å². The zero-order valence-electron chi connectivity index (χ0n) is 19.7. The molecule has 2 aromatic rings. The second-order valence-electron chi connectivity index (χ2n) is 8.30. The number of unbranched alkanes of at least 4 members (excludes halogenated alkanes) is 1. The molecule has 1 atom stereocenters. The summed E-state index contributed by atoms with van der Waals surface area (Å²) in [5.74, 6) is 2.02. The van der Waals surface area contributed by atoms with Crippen molar-refractivity contribution in [3.63, 3.8) is 0 Å². The summed E-state index contributed by atoms with van der Waals surface area (Å²) in [6.45, 7) is 1.82. The van der Waals surface area contributed by atoms with Gasteiger partial charge in [0.15, 0.2) is 0 Å². The summed E-state index contributed by atoms with van der Waals surface area (Å²) in [5.41, 5.74) is 8.40. The third-order valence-electron chi connectivity index (χ3n) is 6.03. The van der Waals surface area contributed by atoms with Crippen LogP contribution < -0.4 is 19.9 Å². The van der Waals surface area contributed by atoms with Crippen molar-refractivity contribution < 1.29 is 24.1 Å². The van der Waals surface area contributed by atoms with Gasteiger partial charge in [-0.05, 0) is 49.4 Å². The summed E-state index contributed by atoms with van der Waals surface area (Å²) in [5, 5.41) is 10.4. The van der Waals surface area contributed by atoms with E-state index in [0.717, 1.165) is 43.3 Å². The number of nitrogen functional groups attached to an aromatic ring is 1. The molecule has 3 rings (SSSR count). The summed E-state index contributed by atoms with van der Waals surface area (Å²) in [7, 11) is 3.22. The molecule has 0 amide bonds. The van der Waals surface area contributed by atoms with Crippen LogP contribution in [0.15, 0.2) is 30.3 Å². The van der Waals surface area contributed by atoms with Crippen molar-refractivity contribution in [1.29, 1.82) is 0 Å². The van der Waals surface area contributed by atoms with Crippen LogP contribution in [0, 0.1) is 0 Å². The number of aliphatic hydroxyl groups is 1. The van der Waals surface area contributed by atoms with Gasteiger partial charge in [-0.15, -0.1) is 12.4 Å². The lowest BCUT2D eigenvalue weighted by molar-refractivity contribution is -0.108. The Kier molecular flexibility index (Phi) is 11.2. The first-order valence-corrected chi connectivity index (χ1v) is 11.6. The summed E-state index contributed by atoms with van der Waals surface area (Å²) < 4.78 is 17.0. The van der Waals surface area contributed by atoms with Gasteiger partial charge >= 0.3 is 0 Å². The molecule has 34 heavy (non-hydrogen) atoms. The van der Waals surface area contributed by atoms with Gasteiger partial charge in [0.25, 0.3) is 0 Å². The molecule has 9 heteroatoms. The topological polar surface area (TPSA) is 94.3 Å². The van der Waals surface area contributed by atoms with Crippen molar-refractivity contribution in [3.8, 4) is 17.2 Å². The fourth-order valence-corrected chi connectivity index (χ4v) is 4.38. The molecule has 1 saturated heterocycles. The van der Waals surface area contributed by atoms with E-state index in [-0.39, 0.29) is 24.6 Å². The van der Waals surface area contributed by atoms with Crippen molar-refractivity contribution >= 4 is 36.0 Å². The number of ether oxygens (including phenoxy) is 3. The zero-order valence-corrected chi connectivity index (χ0v) is 21.2. The zero-order chi connectivity index (χ0) is 23.8. The van der Waals surface area contributed by atoms with E-state index in [4.69, 9.17) is 31.5 Å². The van der Waals surface area contributed by atoms with E-state index in [1.54, 1.807) is 20.3 Å². The minimum atomic E-state index is -0.273. The lowest BCUT2D eigenvalue weighted by Crippen LogP contribution is -2.38. The Morgan fingerprint density at radius 3 is 2.38 bits per heavy atom. The van der Waals surface area contributed by atoms with Crippen LogP contribution in [0.3, 0.4) is 0 Å². The normalized spacial score (nSPS) is 15.3. The Bertz CT molecular complexity index is 914. The highest BCUT2D eigenvalue weighted by Gasteiger charge is 2.28. The fourth-order valence-electron chi connectivity index (χ4n) is 4.21. The van der Waals surface area contributed by atoms with E-state index in [0.29, 0.717) is 53.8 Å². The van der Waals surface area contributed by atoms with E-state index in [9.17, 15) is 9.90 Å². The Balaban J connectivity index is 0.00000408. The predicted molar refractivity (Wildman–Crippen MR) is 136 cm³/mol. The molecule has 1 fully saturated rings. The number of methoxy groups -OCH3 is 2. The Labute approximate surface area is 212 Å². The molecule has 1 heterocycles. The number of aliphatic hydroxyl groups excluding tert-OH is 1. The number of carbonyl (C=O) groups is 1. The summed E-state index contributed by atoms with van der Waals surface area (Å²) in [4.78, 5) is 13.3. The number of piperidine rings is 1. The maximum absolute atomic E-state index is 10.9. The van der Waals surface area contributed by atoms with Crippen molar-refractivity contribution in [2.45, 2.75) is 50.9 Å². The number of carbonyl (C=O) groups excluding carboxylic acids is 1. The van der Waals surface area contributed by atoms with Gasteiger partial charge in [-0.1, -0.05) is 11.6 Å². The smallest absolute Gasteiger partial charge is 0.126 e. The number of aldehydes is 1. The van der Waals surface area contributed by atoms with Gasteiger partial charge in [0, 0.05) is 43.2 Å². The Morgan fingerprint density at radius 2 is 1.79 bits per heavy atom. The second-order valence-corrected chi connectivity index (χ2v) is 8.71. The van der Waals surface area contributed by atoms with Crippen LogP contribution in [-0.4, -0.2) is 49.7 Å². The molecule has 188 valence electrons. The van der Waals surface area contributed by atoms with Gasteiger partial charge in [0.2, 0.25) is 0 Å². The van der Waals surface area contributed by atoms with Crippen LogP contribution in [0.2, 0.25) is 5.02 Å². The lowest BCUT2D eigenvalue weighted by Gasteiger charge is -2.37. The first-order valence-electron chi connectivity index (χ1n) is 11.2. The quantitative estimate of drug-likeness (QED) is 0.253. The first kappa shape index (κ1) is 28.1. The van der Waals surface area contributed by atoms with Crippen molar-refractivity contribution in [2.24, 2.45) is 0 Å². The van der Waals surface area contributed by atoms with Crippen molar-refractivity contribution in [1.82, 2.24) is 4.90 Å². The second kappa shape index (κ2) is 13.6. The largest absolute Gasteiger partial charge is 0.497 e. The Hall–Kier alpha value is -2.19. The summed E-state index contributed by atoms with van der Waals surface area (Å²) in [6, 6.07) is 9.24. The van der Waals surface area contributed by atoms with Crippen LogP contribution in [0.25, 0.3) is 0 Å². The molecular formula is C25H34Cl2N2O5. The lowest BCUT2D eigenvalue weighted by atomic mass is 9.95. The maximum Gasteiger partial charge on any atom is 0.126 e. The van der Waals surface area contributed by atoms with E-state index in [1.807, 2.05) is 24.3 Å². The number of nitrogens with zero attached hydrogens (tertiary/aromatic N) is 1. The van der Waals surface area contributed by atoms with Crippen LogP contribution in [0.5, 0.6) is 17.2 Å². The Morgan fingerprint density at radius 1 is 1.15 bits per heavy atom. The number of hydrogen-bond acceptors (Lipinski definition) is 7. The molecule has 1 unspecified atom stereocenters. The van der Waals surface area contributed by atoms with E-state index >= 15 is 0 Å². The highest BCUT2D eigenvalue weighted by molar-refractivity contribution is 6.33. The molecule has 7 nitrogen and oxygen atoms in total. The molecule has 3 N–H and O–H groups in total. The highest BCUT2D eigenvalue weighted by atomic mass is 35.5. The molecular weight excluding hydrogens is 479 g/mol. The van der Waals surface area contributed by atoms with Gasteiger partial charge in [-0.2, -0.15) is 0 Å². The highest BCUT2D eigenvalue weighted by Crippen LogP contribution is 2.39. The maximum atomic E-state index is 10.9. The molecule has 0 aliphatic carbocycles. The van der Waals surface area contributed by atoms with Crippen LogP contribution in [-0.2, 0) is 11.4 Å². The first-order chi connectivity index (χ1) is 15.9. The third kappa shape index (κ3) is 7.40. The SMILES string of the molecule is COc1cc(COc2cc(N)c(Cl)cc2C(CCCC=O)N2CCC(O)CC2)cc(OC)c1.Cl. The number of hydrogen-bond donors (Lipinski definition) is 2. The monoisotopic (exact) mass is 512 g/mol. The average molecular weight is 513 g/mol. The molecule has 2 aromatic carbocycles. The number of likely N-dealkylation sites (tertiary alicyclic amines) is 1. The van der Waals surface area contributed by atoms with E-state index in [1.165, 1.54) is 0 Å². The van der Waals surface area contributed by atoms with Crippen molar-refractivity contribution in [2.75, 3.05) is 33.0 Å². The number of rotatable bonds is 11. The van der Waals surface area contributed by atoms with Gasteiger partial charge in [0.05, 0.1) is 31.0 Å². The molecule has 0 radical (unpaired) electrons. The minimum Gasteiger partial charge on any atom is -0.497 e. The predicted octanol–water partition coefficient (Wildman–Crippen LogP) is 4.81. The third-order valence-corrected chi connectivity index (χ3v) is 6.36. The van der Waals surface area contributed by atoms with Crippen molar-refractivity contribution in [3.05, 3.63) is 46.5 Å². The standard InChI is InChI=1S/C25H33ClN2O5.ClH/c1-31-19-11-17(12-20(13-19)32-2)16-33-25-15-23(27)22(26)14-21(25)24(5-3-4-10-29)28-8-6-18(30)7-9-28;/h10-15,18,24,30H,3-9,16,27H2,1-2H3;1H. The molecule has 0 aromatic heterocycles. The van der Waals surface area contributed by atoms with Gasteiger partial charge < -0.3 is 29.8 Å². The van der Waals surface area contributed by atoms with Gasteiger partial charge in [0.1, 0.15) is 30.1 Å². The number of benzene rings is 2. The summed E-state index contributed by atoms with van der Waals surface area (Å²) in [6.07, 6.45) is 4.13. The van der Waals surface area contributed by atoms with Crippen LogP contribution >= 0.6 is 24.0 Å².